The maximum Gasteiger partial charge on any atom is 0.410 e. The Hall–Kier alpha value is -2.97. The van der Waals surface area contributed by atoms with Gasteiger partial charge in [-0.2, -0.15) is 0 Å². The highest BCUT2D eigenvalue weighted by Gasteiger charge is 2.56. The molecule has 14 nitrogen and oxygen atoms in total. The molecule has 41 heavy (non-hydrogen) atoms. The lowest BCUT2D eigenvalue weighted by Crippen LogP contribution is -2.61. The van der Waals surface area contributed by atoms with Gasteiger partial charge in [0.05, 0.1) is 12.1 Å². The molecule has 14 heteroatoms. The average molecular weight is 577 g/mol. The number of likely N-dealkylation sites (tertiary alicyclic amines) is 3. The lowest BCUT2D eigenvalue weighted by atomic mass is 9.87. The number of amides is 7. The van der Waals surface area contributed by atoms with Crippen molar-refractivity contribution >= 4 is 30.0 Å². The normalized spacial score (nSPS) is 26.9. The fourth-order valence-corrected chi connectivity index (χ4v) is 6.53. The number of hydrogen-bond donors (Lipinski definition) is 3. The van der Waals surface area contributed by atoms with Crippen LogP contribution in [0, 0.1) is 0 Å². The second-order valence-corrected chi connectivity index (χ2v) is 13.3. The van der Waals surface area contributed by atoms with Gasteiger partial charge in [0.2, 0.25) is 0 Å². The molecule has 7 amide bonds. The molecule has 6 rings (SSSR count). The van der Waals surface area contributed by atoms with Gasteiger partial charge in [0.25, 0.3) is 11.8 Å². The Morgan fingerprint density at radius 3 is 1.56 bits per heavy atom. The summed E-state index contributed by atoms with van der Waals surface area (Å²) in [5, 5.41) is 9.01. The molecule has 0 radical (unpaired) electrons. The second-order valence-electron chi connectivity index (χ2n) is 13.3. The number of nitrogens with one attached hydrogen (secondary N) is 3. The monoisotopic (exact) mass is 576 g/mol. The van der Waals surface area contributed by atoms with Gasteiger partial charge in [0, 0.05) is 39.3 Å². The van der Waals surface area contributed by atoms with E-state index in [2.05, 4.69) is 25.8 Å². The van der Waals surface area contributed by atoms with Crippen molar-refractivity contribution in [3.05, 3.63) is 0 Å². The molecule has 0 aromatic rings. The van der Waals surface area contributed by atoms with Crippen molar-refractivity contribution in [3.8, 4) is 0 Å². The number of piperidine rings is 2. The quantitative estimate of drug-likeness (QED) is 0.374. The molecule has 3 N–H and O–H groups in total. The Balaban J connectivity index is 0.000000174. The van der Waals surface area contributed by atoms with E-state index >= 15 is 0 Å². The number of imide groups is 2. The van der Waals surface area contributed by atoms with Gasteiger partial charge < -0.3 is 35.4 Å². The molecule has 0 saturated carbocycles. The van der Waals surface area contributed by atoms with Gasteiger partial charge in [0.1, 0.15) is 16.7 Å². The Morgan fingerprint density at radius 2 is 1.17 bits per heavy atom. The van der Waals surface area contributed by atoms with Crippen LogP contribution in [0.5, 0.6) is 0 Å². The zero-order valence-corrected chi connectivity index (χ0v) is 24.8. The van der Waals surface area contributed by atoms with Gasteiger partial charge in [-0.1, -0.05) is 0 Å². The summed E-state index contributed by atoms with van der Waals surface area (Å²) in [4.78, 5) is 70.2. The molecule has 0 aliphatic carbocycles. The molecule has 6 fully saturated rings. The lowest BCUT2D eigenvalue weighted by Gasteiger charge is -2.41. The fraction of sp³-hybridized carbons (Fsp3) is 0.815. The van der Waals surface area contributed by atoms with Crippen LogP contribution in [0.25, 0.3) is 0 Å². The zero-order valence-electron chi connectivity index (χ0n) is 24.8. The predicted octanol–water partition coefficient (Wildman–Crippen LogP) is -0.404. The predicted molar refractivity (Wildman–Crippen MR) is 148 cm³/mol. The topological polar surface area (TPSA) is 147 Å². The Kier molecular flexibility index (Phi) is 7.70. The van der Waals surface area contributed by atoms with Crippen LogP contribution in [0.1, 0.15) is 46.5 Å². The van der Waals surface area contributed by atoms with Crippen molar-refractivity contribution in [1.29, 1.82) is 0 Å². The van der Waals surface area contributed by atoms with E-state index in [4.69, 9.17) is 4.74 Å². The number of urea groups is 2. The third-order valence-electron chi connectivity index (χ3n) is 8.93. The molecule has 228 valence electrons. The van der Waals surface area contributed by atoms with E-state index < -0.39 is 16.7 Å². The van der Waals surface area contributed by atoms with Gasteiger partial charge >= 0.3 is 18.2 Å². The number of carbonyl (C=O) groups is 5. The van der Waals surface area contributed by atoms with Gasteiger partial charge in [-0.3, -0.25) is 19.4 Å². The smallest absolute Gasteiger partial charge is 0.410 e. The maximum absolute atomic E-state index is 12.8. The van der Waals surface area contributed by atoms with Gasteiger partial charge in [0.15, 0.2) is 0 Å². The molecule has 0 atom stereocenters. The third kappa shape index (κ3) is 5.61. The molecular formula is C27H44N8O6. The number of hydrogen-bond acceptors (Lipinski definition) is 9. The fourth-order valence-electron chi connectivity index (χ4n) is 6.53. The Bertz CT molecular complexity index is 1080. The molecule has 0 unspecified atom stereocenters. The molecule has 6 aliphatic rings. The first-order chi connectivity index (χ1) is 19.2. The largest absolute Gasteiger partial charge is 0.444 e. The Labute approximate surface area is 241 Å². The summed E-state index contributed by atoms with van der Waals surface area (Å²) in [7, 11) is 3.96. The highest BCUT2D eigenvalue weighted by Crippen LogP contribution is 2.33. The standard InChI is InChI=1S/C16H26N4O4.C11H18N4O2/c1-15(2,3)24-14(23)19-7-5-16(6-8-19)12(21)20(13(22)17-16)11-9-18(4)10-11;1-14-6-8(7-14)15-9(16)11(13-10(15)17)2-4-12-5-3-11/h11H,5-10H2,1-4H3,(H,17,22);8,12H,2-7H2,1H3,(H,13,17). The molecular weight excluding hydrogens is 532 g/mol. The number of likely N-dealkylation sites (N-methyl/N-ethyl adjacent to an activating group) is 2. The van der Waals surface area contributed by atoms with Crippen molar-refractivity contribution in [3.63, 3.8) is 0 Å². The average Bonchev–Trinajstić information content (AvgIpc) is 3.23. The Morgan fingerprint density at radius 1 is 0.756 bits per heavy atom. The van der Waals surface area contributed by atoms with E-state index in [0.717, 1.165) is 39.3 Å². The summed E-state index contributed by atoms with van der Waals surface area (Å²) in [6, 6.07) is -0.466. The van der Waals surface area contributed by atoms with Crippen molar-refractivity contribution in [2.45, 2.75) is 75.2 Å². The van der Waals surface area contributed by atoms with Crippen LogP contribution in [-0.2, 0) is 14.3 Å². The van der Waals surface area contributed by atoms with Crippen molar-refractivity contribution in [2.75, 3.05) is 66.5 Å². The van der Waals surface area contributed by atoms with Crippen molar-refractivity contribution < 1.29 is 28.7 Å². The summed E-state index contributed by atoms with van der Waals surface area (Å²) in [5.41, 5.74) is -2.02. The van der Waals surface area contributed by atoms with Crippen LogP contribution in [-0.4, -0.2) is 150 Å². The molecule has 0 bridgehead atoms. The van der Waals surface area contributed by atoms with Crippen LogP contribution in [0.3, 0.4) is 0 Å². The summed E-state index contributed by atoms with van der Waals surface area (Å²) in [5.74, 6) is -0.156. The third-order valence-corrected chi connectivity index (χ3v) is 8.93. The number of carbonyl (C=O) groups excluding carboxylic acids is 5. The molecule has 2 spiro atoms. The van der Waals surface area contributed by atoms with Crippen molar-refractivity contribution in [2.24, 2.45) is 0 Å². The van der Waals surface area contributed by atoms with E-state index in [1.807, 2.05) is 34.9 Å². The van der Waals surface area contributed by atoms with E-state index in [0.29, 0.717) is 38.8 Å². The summed E-state index contributed by atoms with van der Waals surface area (Å²) >= 11 is 0. The minimum atomic E-state index is -0.857. The number of nitrogens with zero attached hydrogens (tertiary/aromatic N) is 5. The van der Waals surface area contributed by atoms with Crippen LogP contribution in [0.15, 0.2) is 0 Å². The van der Waals surface area contributed by atoms with Crippen LogP contribution in [0.4, 0.5) is 14.4 Å². The van der Waals surface area contributed by atoms with Gasteiger partial charge in [-0.25, -0.2) is 14.4 Å². The first kappa shape index (κ1) is 29.5. The van der Waals surface area contributed by atoms with E-state index in [1.165, 1.54) is 9.80 Å². The van der Waals surface area contributed by atoms with Gasteiger partial charge in [-0.15, -0.1) is 0 Å². The van der Waals surface area contributed by atoms with Crippen LogP contribution < -0.4 is 16.0 Å². The molecule has 0 aromatic carbocycles. The highest BCUT2D eigenvalue weighted by atomic mass is 16.6. The number of ether oxygens (including phenoxy) is 1. The summed E-state index contributed by atoms with van der Waals surface area (Å²) < 4.78 is 5.37. The minimum absolute atomic E-state index is 0.0119. The first-order valence-electron chi connectivity index (χ1n) is 14.6. The number of rotatable bonds is 2. The van der Waals surface area contributed by atoms with Crippen LogP contribution >= 0.6 is 0 Å². The molecule has 0 aromatic heterocycles. The van der Waals surface area contributed by atoms with E-state index in [-0.39, 0.29) is 42.1 Å². The van der Waals surface area contributed by atoms with Gasteiger partial charge in [-0.05, 0) is 73.6 Å². The first-order valence-corrected chi connectivity index (χ1v) is 14.6. The van der Waals surface area contributed by atoms with E-state index in [1.54, 1.807) is 4.90 Å². The molecule has 6 aliphatic heterocycles. The lowest BCUT2D eigenvalue weighted by molar-refractivity contribution is -0.137. The minimum Gasteiger partial charge on any atom is -0.444 e. The molecule has 6 heterocycles. The molecule has 6 saturated heterocycles. The SMILES string of the molecule is CN1CC(N2C(=O)NC3(CCN(C(=O)OC(C)(C)C)CC3)C2=O)C1.CN1CC(N2C(=O)NC3(CCNCC3)C2=O)C1. The summed E-state index contributed by atoms with van der Waals surface area (Å²) in [6.45, 7) is 10.9. The maximum atomic E-state index is 12.8. The zero-order chi connectivity index (χ0) is 29.7. The van der Waals surface area contributed by atoms with Crippen molar-refractivity contribution in [1.82, 2.24) is 40.4 Å². The second kappa shape index (κ2) is 10.7. The summed E-state index contributed by atoms with van der Waals surface area (Å²) in [6.07, 6.45) is 1.89. The highest BCUT2D eigenvalue weighted by molar-refractivity contribution is 6.08. The van der Waals surface area contributed by atoms with Crippen LogP contribution in [0.2, 0.25) is 0 Å². The van der Waals surface area contributed by atoms with E-state index in [9.17, 15) is 24.0 Å².